The van der Waals surface area contributed by atoms with Crippen LogP contribution in [0.15, 0.2) is 54.6 Å². The zero-order valence-corrected chi connectivity index (χ0v) is 28.0. The summed E-state index contributed by atoms with van der Waals surface area (Å²) in [6, 6.07) is 15.2. The van der Waals surface area contributed by atoms with Crippen molar-refractivity contribution in [3.8, 4) is 11.1 Å². The van der Waals surface area contributed by atoms with E-state index in [9.17, 15) is 13.6 Å². The van der Waals surface area contributed by atoms with Crippen LogP contribution in [-0.4, -0.2) is 32.0 Å². The molecule has 8 nitrogen and oxygen atoms in total. The Kier molecular flexibility index (Phi) is 10.5. The number of nitrogens with two attached hydrogens (primary N) is 1. The van der Waals surface area contributed by atoms with E-state index >= 15 is 0 Å². The van der Waals surface area contributed by atoms with Gasteiger partial charge in [-0.1, -0.05) is 44.2 Å². The first kappa shape index (κ1) is 34.3. The van der Waals surface area contributed by atoms with Crippen LogP contribution in [0.2, 0.25) is 0 Å². The van der Waals surface area contributed by atoms with Crippen LogP contribution in [0.1, 0.15) is 82.6 Å². The monoisotopic (exact) mass is 638 g/mol. The molecule has 11 heteroatoms. The van der Waals surface area contributed by atoms with Crippen molar-refractivity contribution < 1.29 is 27.1 Å². The Labute approximate surface area is 264 Å². The molecule has 0 bridgehead atoms. The van der Waals surface area contributed by atoms with Crippen molar-refractivity contribution in [3.63, 3.8) is 0 Å². The smallest absolute Gasteiger partial charge is 0.334 e. The van der Waals surface area contributed by atoms with Crippen molar-refractivity contribution in [2.75, 3.05) is 5.73 Å². The largest absolute Gasteiger partial charge is 0.368 e. The van der Waals surface area contributed by atoms with Crippen LogP contribution >= 0.6 is 8.60 Å². The predicted molar refractivity (Wildman–Crippen MR) is 174 cm³/mol. The molecule has 0 saturated carbocycles. The minimum atomic E-state index is -1.83. The lowest BCUT2D eigenvalue weighted by molar-refractivity contribution is 0.0306. The number of halogens is 2. The molecule has 1 aliphatic heterocycles. The number of rotatable bonds is 7. The fourth-order valence-electron chi connectivity index (χ4n) is 4.72. The average molecular weight is 639 g/mol. The first-order valence-corrected chi connectivity index (χ1v) is 16.0. The van der Waals surface area contributed by atoms with E-state index in [2.05, 4.69) is 9.97 Å². The van der Waals surface area contributed by atoms with Crippen molar-refractivity contribution in [1.29, 1.82) is 0 Å². The summed E-state index contributed by atoms with van der Waals surface area (Å²) < 4.78 is 47.2. The minimum Gasteiger partial charge on any atom is -0.368 e. The molecule has 0 aliphatic carbocycles. The number of fused-ring (bicyclic) bond motifs is 2. The van der Waals surface area contributed by atoms with Crippen LogP contribution < -0.4 is 5.73 Å². The maximum Gasteiger partial charge on any atom is 0.334 e. The standard InChI is InChI=1S/C32H35F2N4O4P.C2H6/c1-31(2,3)41-43(42-32(4,5)6)40-18-22-14-25(33)26(34)15-23(22)19-11-12-27-24(13-19)28(37-30(35)36-27)29(39)38-16-20-9-7-8-10-21(20)17-38;1-2/h7-15H,16-18H2,1-6H3,(H2,35,36,37);1-2H3. The van der Waals surface area contributed by atoms with Crippen LogP contribution in [-0.2, 0) is 33.3 Å². The lowest BCUT2D eigenvalue weighted by atomic mass is 9.97. The third-order valence-corrected chi connectivity index (χ3v) is 8.26. The first-order chi connectivity index (χ1) is 21.2. The molecule has 3 aromatic carbocycles. The van der Waals surface area contributed by atoms with Gasteiger partial charge in [0.15, 0.2) is 11.6 Å². The van der Waals surface area contributed by atoms with Gasteiger partial charge < -0.3 is 24.2 Å². The Hall–Kier alpha value is -3.56. The summed E-state index contributed by atoms with van der Waals surface area (Å²) in [5, 5.41) is 0.443. The van der Waals surface area contributed by atoms with Gasteiger partial charge in [-0.05, 0) is 93.6 Å². The van der Waals surface area contributed by atoms with Crippen molar-refractivity contribution in [2.24, 2.45) is 0 Å². The van der Waals surface area contributed by atoms with E-state index in [1.54, 1.807) is 23.1 Å². The molecule has 0 saturated heterocycles. The fourth-order valence-corrected chi connectivity index (χ4v) is 6.00. The molecule has 1 aromatic heterocycles. The Morgan fingerprint density at radius 2 is 1.47 bits per heavy atom. The summed E-state index contributed by atoms with van der Waals surface area (Å²) in [5.41, 5.74) is 8.88. The van der Waals surface area contributed by atoms with Crippen molar-refractivity contribution >= 4 is 31.4 Å². The third kappa shape index (κ3) is 8.58. The number of benzene rings is 3. The molecule has 45 heavy (non-hydrogen) atoms. The fraction of sp³-hybridized carbons (Fsp3) is 0.382. The van der Waals surface area contributed by atoms with Gasteiger partial charge in [0, 0.05) is 18.5 Å². The number of carbonyl (C=O) groups excluding carboxylic acids is 1. The highest BCUT2D eigenvalue weighted by Gasteiger charge is 2.29. The maximum absolute atomic E-state index is 14.6. The summed E-state index contributed by atoms with van der Waals surface area (Å²) in [6.45, 7) is 16.1. The minimum absolute atomic E-state index is 0.0340. The molecule has 0 unspecified atom stereocenters. The van der Waals surface area contributed by atoms with Gasteiger partial charge in [-0.3, -0.25) is 4.79 Å². The van der Waals surface area contributed by atoms with Crippen LogP contribution in [0.3, 0.4) is 0 Å². The third-order valence-electron chi connectivity index (χ3n) is 6.52. The summed E-state index contributed by atoms with van der Waals surface area (Å²) >= 11 is 0. The van der Waals surface area contributed by atoms with E-state index in [1.807, 2.05) is 79.7 Å². The Balaban J connectivity index is 0.00000226. The highest BCUT2D eigenvalue weighted by atomic mass is 31.2. The molecule has 0 fully saturated rings. The highest BCUT2D eigenvalue weighted by molar-refractivity contribution is 7.41. The zero-order valence-electron chi connectivity index (χ0n) is 27.1. The number of amides is 1. The quantitative estimate of drug-likeness (QED) is 0.202. The van der Waals surface area contributed by atoms with Crippen LogP contribution in [0.4, 0.5) is 14.7 Å². The van der Waals surface area contributed by atoms with Crippen molar-refractivity contribution in [2.45, 2.75) is 86.3 Å². The van der Waals surface area contributed by atoms with Gasteiger partial charge in [0.05, 0.1) is 23.3 Å². The van der Waals surface area contributed by atoms with Gasteiger partial charge >= 0.3 is 8.60 Å². The van der Waals surface area contributed by atoms with E-state index in [1.165, 1.54) is 0 Å². The van der Waals surface area contributed by atoms with Gasteiger partial charge in [0.1, 0.15) is 5.69 Å². The molecule has 0 spiro atoms. The predicted octanol–water partition coefficient (Wildman–Crippen LogP) is 8.71. The van der Waals surface area contributed by atoms with Gasteiger partial charge in [-0.2, -0.15) is 0 Å². The molecule has 4 aromatic rings. The van der Waals surface area contributed by atoms with E-state index in [-0.39, 0.29) is 24.2 Å². The molecule has 1 amide bonds. The molecule has 0 radical (unpaired) electrons. The molecular formula is C34H41F2N4O4P. The number of nitrogen functional groups attached to an aromatic ring is 1. The van der Waals surface area contributed by atoms with Gasteiger partial charge in [-0.25, -0.2) is 18.7 Å². The molecular weight excluding hydrogens is 597 g/mol. The van der Waals surface area contributed by atoms with Gasteiger partial charge in [0.25, 0.3) is 5.91 Å². The molecule has 5 rings (SSSR count). The topological polar surface area (TPSA) is 99.8 Å². The van der Waals surface area contributed by atoms with E-state index in [4.69, 9.17) is 19.3 Å². The first-order valence-electron chi connectivity index (χ1n) is 14.9. The van der Waals surface area contributed by atoms with Gasteiger partial charge in [0.2, 0.25) is 5.95 Å². The van der Waals surface area contributed by atoms with Crippen LogP contribution in [0.5, 0.6) is 0 Å². The van der Waals surface area contributed by atoms with E-state index < -0.39 is 31.4 Å². The van der Waals surface area contributed by atoms with Crippen molar-refractivity contribution in [1.82, 2.24) is 14.9 Å². The SMILES string of the molecule is CC.CC(C)(C)OP(OCc1cc(F)c(F)cc1-c1ccc2nc(N)nc(C(=O)N3Cc4ccccc4C3)c2c1)OC(C)(C)C. The Morgan fingerprint density at radius 3 is 2.04 bits per heavy atom. The molecule has 1 aliphatic rings. The summed E-state index contributed by atoms with van der Waals surface area (Å²) in [6.07, 6.45) is 0. The number of carbonyl (C=O) groups is 1. The summed E-state index contributed by atoms with van der Waals surface area (Å²) in [5.74, 6) is -2.36. The lowest BCUT2D eigenvalue weighted by Gasteiger charge is -2.30. The lowest BCUT2D eigenvalue weighted by Crippen LogP contribution is -2.27. The molecule has 2 heterocycles. The van der Waals surface area contributed by atoms with Crippen LogP contribution in [0, 0.1) is 11.6 Å². The Bertz CT molecular complexity index is 1650. The summed E-state index contributed by atoms with van der Waals surface area (Å²) in [4.78, 5) is 24.0. The number of hydrogen-bond acceptors (Lipinski definition) is 7. The maximum atomic E-state index is 14.6. The molecule has 0 atom stereocenters. The number of aromatic nitrogens is 2. The van der Waals surface area contributed by atoms with E-state index in [0.29, 0.717) is 40.7 Å². The van der Waals surface area contributed by atoms with Gasteiger partial charge in [-0.15, -0.1) is 0 Å². The molecule has 2 N–H and O–H groups in total. The highest BCUT2D eigenvalue weighted by Crippen LogP contribution is 2.48. The van der Waals surface area contributed by atoms with Crippen LogP contribution in [0.25, 0.3) is 22.0 Å². The summed E-state index contributed by atoms with van der Waals surface area (Å²) in [7, 11) is -1.83. The second-order valence-corrected chi connectivity index (χ2v) is 13.5. The normalized spacial score (nSPS) is 13.2. The second kappa shape index (κ2) is 13.8. The number of hydrogen-bond donors (Lipinski definition) is 1. The van der Waals surface area contributed by atoms with E-state index in [0.717, 1.165) is 23.3 Å². The number of anilines is 1. The van der Waals surface area contributed by atoms with Crippen molar-refractivity contribution in [3.05, 3.63) is 88.6 Å². The second-order valence-electron chi connectivity index (χ2n) is 12.4. The zero-order chi connectivity index (χ0) is 33.1. The molecule has 240 valence electrons. The number of nitrogens with zero attached hydrogens (tertiary/aromatic N) is 3. The average Bonchev–Trinajstić information content (AvgIpc) is 3.40. The Morgan fingerprint density at radius 1 is 0.889 bits per heavy atom.